The quantitative estimate of drug-likeness (QED) is 0.443. The van der Waals surface area contributed by atoms with Gasteiger partial charge in [-0.1, -0.05) is 48.5 Å². The Hall–Kier alpha value is -3.54. The summed E-state index contributed by atoms with van der Waals surface area (Å²) in [5.41, 5.74) is 4.82. The molecule has 0 unspecified atom stereocenters. The number of hydrogen-bond donors (Lipinski definition) is 2. The second kappa shape index (κ2) is 7.13. The van der Waals surface area contributed by atoms with E-state index in [1.807, 2.05) is 66.7 Å². The third kappa shape index (κ3) is 3.16. The molecule has 5 aromatic rings. The van der Waals surface area contributed by atoms with Gasteiger partial charge in [0, 0.05) is 33.9 Å². The minimum Gasteiger partial charge on any atom is -0.456 e. The van der Waals surface area contributed by atoms with Gasteiger partial charge in [-0.05, 0) is 47.9 Å². The predicted octanol–water partition coefficient (Wildman–Crippen LogP) is 4.74. The molecule has 0 spiro atoms. The van der Waals surface area contributed by atoms with E-state index in [0.717, 1.165) is 39.0 Å². The molecule has 0 saturated carbocycles. The Balaban J connectivity index is 1.70. The summed E-state index contributed by atoms with van der Waals surface area (Å²) >= 11 is 0. The van der Waals surface area contributed by atoms with Crippen molar-refractivity contribution >= 4 is 51.6 Å². The molecule has 0 aliphatic carbocycles. The van der Waals surface area contributed by atoms with Crippen molar-refractivity contribution in [3.63, 3.8) is 0 Å². The minimum atomic E-state index is -1.52. The van der Waals surface area contributed by atoms with Gasteiger partial charge in [-0.2, -0.15) is 0 Å². The summed E-state index contributed by atoms with van der Waals surface area (Å²) in [4.78, 5) is 2.07. The fourth-order valence-electron chi connectivity index (χ4n) is 3.70. The number of fused-ring (bicyclic) bond motifs is 3. The molecule has 0 aliphatic rings. The number of anilines is 3. The van der Waals surface area contributed by atoms with E-state index in [9.17, 15) is 10.0 Å². The van der Waals surface area contributed by atoms with Gasteiger partial charge in [-0.3, -0.25) is 0 Å². The third-order valence-electron chi connectivity index (χ3n) is 5.06. The summed E-state index contributed by atoms with van der Waals surface area (Å²) in [5.74, 6) is 0. The highest BCUT2D eigenvalue weighted by Crippen LogP contribution is 2.37. The van der Waals surface area contributed by atoms with Crippen LogP contribution in [-0.4, -0.2) is 17.2 Å². The van der Waals surface area contributed by atoms with Gasteiger partial charge in [0.25, 0.3) is 0 Å². The van der Waals surface area contributed by atoms with Gasteiger partial charge in [0.1, 0.15) is 11.2 Å². The molecule has 4 nitrogen and oxygen atoms in total. The SMILES string of the molecule is OB(O)c1cccc(N(c2ccccc2)c2ccc3c(c2)oc2ccccc23)c1. The first kappa shape index (κ1) is 17.6. The van der Waals surface area contributed by atoms with E-state index >= 15 is 0 Å². The summed E-state index contributed by atoms with van der Waals surface area (Å²) in [6.45, 7) is 0. The second-order valence-electron chi connectivity index (χ2n) is 6.92. The lowest BCUT2D eigenvalue weighted by Crippen LogP contribution is -2.30. The maximum absolute atomic E-state index is 9.62. The molecule has 1 heterocycles. The number of benzene rings is 4. The van der Waals surface area contributed by atoms with Gasteiger partial charge >= 0.3 is 7.12 Å². The van der Waals surface area contributed by atoms with Crippen LogP contribution in [0, 0.1) is 0 Å². The van der Waals surface area contributed by atoms with Crippen molar-refractivity contribution in [2.24, 2.45) is 0 Å². The van der Waals surface area contributed by atoms with E-state index in [1.54, 1.807) is 12.1 Å². The van der Waals surface area contributed by atoms with E-state index in [4.69, 9.17) is 4.42 Å². The van der Waals surface area contributed by atoms with Crippen molar-refractivity contribution in [2.75, 3.05) is 4.90 Å². The largest absolute Gasteiger partial charge is 0.488 e. The molecule has 1 aromatic heterocycles. The Morgan fingerprint density at radius 1 is 0.586 bits per heavy atom. The lowest BCUT2D eigenvalue weighted by atomic mass is 9.80. The van der Waals surface area contributed by atoms with Gasteiger partial charge in [-0.15, -0.1) is 0 Å². The fraction of sp³-hybridized carbons (Fsp3) is 0. The van der Waals surface area contributed by atoms with Crippen LogP contribution in [0.3, 0.4) is 0 Å². The Morgan fingerprint density at radius 3 is 2.10 bits per heavy atom. The Morgan fingerprint density at radius 2 is 1.28 bits per heavy atom. The molecule has 0 bridgehead atoms. The molecule has 0 atom stereocenters. The Bertz CT molecular complexity index is 1300. The first-order valence-corrected chi connectivity index (χ1v) is 9.43. The molecule has 0 aliphatic heterocycles. The average Bonchev–Trinajstić information content (AvgIpc) is 3.13. The Labute approximate surface area is 168 Å². The lowest BCUT2D eigenvalue weighted by Gasteiger charge is -2.25. The third-order valence-corrected chi connectivity index (χ3v) is 5.06. The summed E-state index contributed by atoms with van der Waals surface area (Å²) in [5, 5.41) is 21.4. The molecule has 5 rings (SSSR count). The molecule has 0 amide bonds. The van der Waals surface area contributed by atoms with Crippen LogP contribution in [0.1, 0.15) is 0 Å². The molecule has 140 valence electrons. The number of furan rings is 1. The standard InChI is InChI=1S/C24H18BNO3/c27-25(28)17-7-6-10-19(15-17)26(18-8-2-1-3-9-18)20-13-14-22-21-11-4-5-12-23(21)29-24(22)16-20/h1-16,27-28H. The van der Waals surface area contributed by atoms with Crippen LogP contribution in [0.2, 0.25) is 0 Å². The monoisotopic (exact) mass is 379 g/mol. The molecule has 2 N–H and O–H groups in total. The molecule has 0 radical (unpaired) electrons. The van der Waals surface area contributed by atoms with Gasteiger partial charge < -0.3 is 19.4 Å². The molecule has 5 heteroatoms. The van der Waals surface area contributed by atoms with Crippen LogP contribution in [-0.2, 0) is 0 Å². The zero-order valence-electron chi connectivity index (χ0n) is 15.6. The molecule has 0 saturated heterocycles. The molecular formula is C24H18BNO3. The van der Waals surface area contributed by atoms with Crippen LogP contribution in [0.25, 0.3) is 21.9 Å². The summed E-state index contributed by atoms with van der Waals surface area (Å²) in [6.07, 6.45) is 0. The number of nitrogens with zero attached hydrogens (tertiary/aromatic N) is 1. The maximum Gasteiger partial charge on any atom is 0.488 e. The van der Waals surface area contributed by atoms with Crippen LogP contribution in [0.5, 0.6) is 0 Å². The summed E-state index contributed by atoms with van der Waals surface area (Å²) in [6, 6.07) is 31.3. The van der Waals surface area contributed by atoms with Crippen molar-refractivity contribution in [3.05, 3.63) is 97.1 Å². The highest BCUT2D eigenvalue weighted by Gasteiger charge is 2.17. The number of hydrogen-bond acceptors (Lipinski definition) is 4. The summed E-state index contributed by atoms with van der Waals surface area (Å²) in [7, 11) is -1.52. The van der Waals surface area contributed by atoms with Gasteiger partial charge in [0.05, 0.1) is 0 Å². The van der Waals surface area contributed by atoms with Crippen LogP contribution >= 0.6 is 0 Å². The smallest absolute Gasteiger partial charge is 0.456 e. The summed E-state index contributed by atoms with van der Waals surface area (Å²) < 4.78 is 6.07. The Kier molecular flexibility index (Phi) is 4.32. The minimum absolute atomic E-state index is 0.438. The fourth-order valence-corrected chi connectivity index (χ4v) is 3.70. The van der Waals surface area contributed by atoms with Gasteiger partial charge in [0.2, 0.25) is 0 Å². The molecular weight excluding hydrogens is 361 g/mol. The van der Waals surface area contributed by atoms with E-state index < -0.39 is 7.12 Å². The normalized spacial score (nSPS) is 11.1. The van der Waals surface area contributed by atoms with Gasteiger partial charge in [-0.25, -0.2) is 0 Å². The average molecular weight is 379 g/mol. The highest BCUT2D eigenvalue weighted by molar-refractivity contribution is 6.58. The van der Waals surface area contributed by atoms with Crippen molar-refractivity contribution in [1.29, 1.82) is 0 Å². The zero-order chi connectivity index (χ0) is 19.8. The van der Waals surface area contributed by atoms with E-state index in [1.165, 1.54) is 0 Å². The van der Waals surface area contributed by atoms with Crippen molar-refractivity contribution in [2.45, 2.75) is 0 Å². The van der Waals surface area contributed by atoms with Crippen molar-refractivity contribution < 1.29 is 14.5 Å². The van der Waals surface area contributed by atoms with Crippen LogP contribution < -0.4 is 10.4 Å². The van der Waals surface area contributed by atoms with E-state index in [2.05, 4.69) is 23.1 Å². The number of para-hydroxylation sites is 2. The number of rotatable bonds is 4. The molecule has 4 aromatic carbocycles. The second-order valence-corrected chi connectivity index (χ2v) is 6.92. The first-order chi connectivity index (χ1) is 14.2. The predicted molar refractivity (Wildman–Crippen MR) is 118 cm³/mol. The zero-order valence-corrected chi connectivity index (χ0v) is 15.6. The molecule has 0 fully saturated rings. The highest BCUT2D eigenvalue weighted by atomic mass is 16.4. The van der Waals surface area contributed by atoms with E-state index in [-0.39, 0.29) is 0 Å². The maximum atomic E-state index is 9.62. The van der Waals surface area contributed by atoms with E-state index in [0.29, 0.717) is 5.46 Å². The lowest BCUT2D eigenvalue weighted by molar-refractivity contribution is 0.426. The van der Waals surface area contributed by atoms with Crippen LogP contribution in [0.15, 0.2) is 101 Å². The van der Waals surface area contributed by atoms with Crippen molar-refractivity contribution in [1.82, 2.24) is 0 Å². The van der Waals surface area contributed by atoms with Gasteiger partial charge in [0.15, 0.2) is 0 Å². The first-order valence-electron chi connectivity index (χ1n) is 9.43. The molecule has 29 heavy (non-hydrogen) atoms. The topological polar surface area (TPSA) is 56.8 Å². The van der Waals surface area contributed by atoms with Crippen LogP contribution in [0.4, 0.5) is 17.1 Å². The van der Waals surface area contributed by atoms with Crippen molar-refractivity contribution in [3.8, 4) is 0 Å².